The van der Waals surface area contributed by atoms with Crippen LogP contribution < -0.4 is 5.73 Å². The second-order valence-corrected chi connectivity index (χ2v) is 27.3. The highest BCUT2D eigenvalue weighted by atomic mass is 31.2. The number of rotatable bonds is 73. The van der Waals surface area contributed by atoms with Crippen LogP contribution in [0.25, 0.3) is 0 Å². The Labute approximate surface area is 563 Å². The lowest BCUT2D eigenvalue weighted by Gasteiger charge is -2.19. The third-order valence-electron chi connectivity index (χ3n) is 17.0. The standard InChI is InChI=1S/C81H146NO8P/c1-3-5-7-9-11-13-15-17-19-21-23-25-27-29-31-33-35-36-37-38-39-40-41-42-44-46-48-50-52-54-56-58-60-62-64-66-68-70-72-74-81(84)90-79(78-89-91(85,86)88-76-75-82)77-87-80(83)73-71-69-67-65-63-61-59-57-55-53-51-49-47-45-43-34-32-30-28-26-24-22-20-18-16-14-12-10-8-6-4-2/h5,7,11,13,17,19,23,25,29,31,35-36,38-39,41-42,79H,3-4,6,8-10,12,14-16,18,20-22,24,26-28,30,32-34,37,40,43-78,82H2,1-2H3,(H,85,86)/b7-5-,13-11-,19-17-,25-23-,31-29-,36-35-,39-38-,42-41-. The van der Waals surface area contributed by atoms with E-state index >= 15 is 0 Å². The van der Waals surface area contributed by atoms with Gasteiger partial charge in [0.25, 0.3) is 0 Å². The van der Waals surface area contributed by atoms with E-state index in [0.29, 0.717) is 6.42 Å². The molecule has 0 aliphatic carbocycles. The lowest BCUT2D eigenvalue weighted by molar-refractivity contribution is -0.161. The van der Waals surface area contributed by atoms with Gasteiger partial charge in [-0.2, -0.15) is 0 Å². The van der Waals surface area contributed by atoms with Crippen LogP contribution in [0.15, 0.2) is 97.2 Å². The fourth-order valence-corrected chi connectivity index (χ4v) is 12.1. The summed E-state index contributed by atoms with van der Waals surface area (Å²) in [7, 11) is -4.40. The quantitative estimate of drug-likeness (QED) is 0.0264. The Balaban J connectivity index is 3.83. The molecule has 0 saturated heterocycles. The summed E-state index contributed by atoms with van der Waals surface area (Å²) in [5.74, 6) is -0.813. The van der Waals surface area contributed by atoms with Crippen molar-refractivity contribution < 1.29 is 37.6 Å². The molecule has 0 aliphatic heterocycles. The van der Waals surface area contributed by atoms with E-state index < -0.39 is 26.5 Å². The van der Waals surface area contributed by atoms with Crippen molar-refractivity contribution in [3.05, 3.63) is 97.2 Å². The fourth-order valence-electron chi connectivity index (χ4n) is 11.3. The first-order valence-electron chi connectivity index (χ1n) is 38.7. The van der Waals surface area contributed by atoms with Crippen LogP contribution in [-0.4, -0.2) is 49.3 Å². The summed E-state index contributed by atoms with van der Waals surface area (Å²) in [6.07, 6.45) is 104. The molecule has 0 aromatic heterocycles. The Hall–Kier alpha value is -3.07. The van der Waals surface area contributed by atoms with Gasteiger partial charge in [-0.1, -0.05) is 381 Å². The molecule has 0 spiro atoms. The molecule has 0 fully saturated rings. The molecule has 0 aromatic rings. The second-order valence-electron chi connectivity index (χ2n) is 25.9. The first-order chi connectivity index (χ1) is 44.8. The molecule has 528 valence electrons. The van der Waals surface area contributed by atoms with Crippen molar-refractivity contribution in [2.45, 2.75) is 380 Å². The van der Waals surface area contributed by atoms with Crippen LogP contribution in [0.3, 0.4) is 0 Å². The maximum Gasteiger partial charge on any atom is 0.472 e. The smallest absolute Gasteiger partial charge is 0.462 e. The first kappa shape index (κ1) is 87.9. The number of nitrogens with two attached hydrogens (primary N) is 1. The van der Waals surface area contributed by atoms with E-state index in [1.54, 1.807) is 0 Å². The Morgan fingerprint density at radius 3 is 0.901 bits per heavy atom. The normalized spacial score (nSPS) is 13.4. The maximum absolute atomic E-state index is 12.8. The molecule has 0 radical (unpaired) electrons. The van der Waals surface area contributed by atoms with Gasteiger partial charge in [-0.3, -0.25) is 18.6 Å². The number of carbonyl (C=O) groups is 2. The van der Waals surface area contributed by atoms with E-state index in [1.165, 1.54) is 250 Å². The SMILES string of the molecule is CC/C=C\C/C=C\C/C=C\C/C=C\C/C=C\C/C=C\C/C=C\C/C=C\CCCCCCCCCCCCCCCCC(=O)OC(COC(=O)CCCCCCCCCCCCCCCCCCCCCCCCCCCCCCCCC)COP(=O)(O)OCCN. The summed E-state index contributed by atoms with van der Waals surface area (Å²) in [5, 5.41) is 0. The highest BCUT2D eigenvalue weighted by Crippen LogP contribution is 2.43. The Kier molecular flexibility index (Phi) is 73.4. The van der Waals surface area contributed by atoms with Crippen molar-refractivity contribution in [1.29, 1.82) is 0 Å². The van der Waals surface area contributed by atoms with Crippen molar-refractivity contribution in [2.24, 2.45) is 5.73 Å². The zero-order valence-electron chi connectivity index (χ0n) is 59.6. The molecule has 0 heterocycles. The molecular formula is C81H146NO8P. The minimum atomic E-state index is -4.40. The van der Waals surface area contributed by atoms with Gasteiger partial charge in [0.05, 0.1) is 13.2 Å². The Morgan fingerprint density at radius 2 is 0.604 bits per heavy atom. The monoisotopic (exact) mass is 1290 g/mol. The first-order valence-corrected chi connectivity index (χ1v) is 40.2. The highest BCUT2D eigenvalue weighted by molar-refractivity contribution is 7.47. The van der Waals surface area contributed by atoms with Crippen molar-refractivity contribution in [2.75, 3.05) is 26.4 Å². The number of phosphoric ester groups is 1. The molecule has 0 bridgehead atoms. The van der Waals surface area contributed by atoms with Crippen LogP contribution in [-0.2, 0) is 32.7 Å². The van der Waals surface area contributed by atoms with E-state index in [-0.39, 0.29) is 38.6 Å². The zero-order chi connectivity index (χ0) is 65.8. The van der Waals surface area contributed by atoms with Crippen molar-refractivity contribution >= 4 is 19.8 Å². The van der Waals surface area contributed by atoms with Gasteiger partial charge in [0.15, 0.2) is 6.10 Å². The van der Waals surface area contributed by atoms with Crippen molar-refractivity contribution in [1.82, 2.24) is 0 Å². The van der Waals surface area contributed by atoms with Gasteiger partial charge in [-0.25, -0.2) is 4.57 Å². The molecule has 0 aromatic carbocycles. The molecule has 0 aliphatic rings. The molecule has 0 amide bonds. The van der Waals surface area contributed by atoms with E-state index in [9.17, 15) is 19.0 Å². The lowest BCUT2D eigenvalue weighted by atomic mass is 10.0. The average Bonchev–Trinajstić information content (AvgIpc) is 3.71. The molecule has 0 saturated carbocycles. The number of unbranched alkanes of at least 4 members (excludes halogenated alkanes) is 44. The number of hydrogen-bond acceptors (Lipinski definition) is 8. The van der Waals surface area contributed by atoms with Crippen LogP contribution in [0.2, 0.25) is 0 Å². The third-order valence-corrected chi connectivity index (χ3v) is 18.0. The second kappa shape index (κ2) is 76.0. The number of esters is 2. The van der Waals surface area contributed by atoms with Crippen LogP contribution >= 0.6 is 7.82 Å². The van der Waals surface area contributed by atoms with Crippen LogP contribution in [0.4, 0.5) is 0 Å². The molecule has 10 heteroatoms. The molecular weight excluding hydrogens is 1150 g/mol. The van der Waals surface area contributed by atoms with E-state index in [2.05, 4.69) is 111 Å². The molecule has 0 rings (SSSR count). The Morgan fingerprint density at radius 1 is 0.341 bits per heavy atom. The van der Waals surface area contributed by atoms with E-state index in [1.807, 2.05) is 0 Å². The van der Waals surface area contributed by atoms with Gasteiger partial charge in [-0.15, -0.1) is 0 Å². The van der Waals surface area contributed by atoms with Crippen LogP contribution in [0.1, 0.15) is 373 Å². The Bertz CT molecular complexity index is 1820. The lowest BCUT2D eigenvalue weighted by Crippen LogP contribution is -2.29. The van der Waals surface area contributed by atoms with E-state index in [0.717, 1.165) is 89.9 Å². The number of allylic oxidation sites excluding steroid dienone is 16. The van der Waals surface area contributed by atoms with Gasteiger partial charge in [-0.05, 0) is 77.0 Å². The predicted molar refractivity (Wildman–Crippen MR) is 395 cm³/mol. The molecule has 2 atom stereocenters. The van der Waals surface area contributed by atoms with Crippen molar-refractivity contribution in [3.63, 3.8) is 0 Å². The molecule has 2 unspecified atom stereocenters. The third kappa shape index (κ3) is 75.8. The fraction of sp³-hybridized carbons (Fsp3) is 0.778. The van der Waals surface area contributed by atoms with Gasteiger partial charge in [0, 0.05) is 19.4 Å². The molecule has 91 heavy (non-hydrogen) atoms. The van der Waals surface area contributed by atoms with Gasteiger partial charge >= 0.3 is 19.8 Å². The highest BCUT2D eigenvalue weighted by Gasteiger charge is 2.26. The van der Waals surface area contributed by atoms with Crippen LogP contribution in [0, 0.1) is 0 Å². The van der Waals surface area contributed by atoms with Gasteiger partial charge < -0.3 is 20.1 Å². The largest absolute Gasteiger partial charge is 0.472 e. The number of phosphoric acid groups is 1. The van der Waals surface area contributed by atoms with Gasteiger partial charge in [0.2, 0.25) is 0 Å². The summed E-state index contributed by atoms with van der Waals surface area (Å²) in [6, 6.07) is 0. The average molecular weight is 1290 g/mol. The zero-order valence-corrected chi connectivity index (χ0v) is 60.5. The number of carbonyl (C=O) groups excluding carboxylic acids is 2. The van der Waals surface area contributed by atoms with E-state index in [4.69, 9.17) is 24.3 Å². The molecule has 9 nitrogen and oxygen atoms in total. The summed E-state index contributed by atoms with van der Waals surface area (Å²) < 4.78 is 33.3. The predicted octanol–water partition coefficient (Wildman–Crippen LogP) is 25.9. The van der Waals surface area contributed by atoms with Crippen molar-refractivity contribution in [3.8, 4) is 0 Å². The topological polar surface area (TPSA) is 134 Å². The number of hydrogen-bond donors (Lipinski definition) is 2. The maximum atomic E-state index is 12.8. The summed E-state index contributed by atoms with van der Waals surface area (Å²) >= 11 is 0. The van der Waals surface area contributed by atoms with Gasteiger partial charge in [0.1, 0.15) is 6.61 Å². The summed E-state index contributed by atoms with van der Waals surface area (Å²) in [4.78, 5) is 35.4. The van der Waals surface area contributed by atoms with Crippen LogP contribution in [0.5, 0.6) is 0 Å². The number of ether oxygens (including phenoxy) is 2. The summed E-state index contributed by atoms with van der Waals surface area (Å²) in [6.45, 7) is 3.69. The minimum Gasteiger partial charge on any atom is -0.462 e. The summed E-state index contributed by atoms with van der Waals surface area (Å²) in [5.41, 5.74) is 5.41. The molecule has 3 N–H and O–H groups in total. The minimum absolute atomic E-state index is 0.0525.